The monoisotopic (exact) mass is 953 g/mol. The first-order chi connectivity index (χ1) is 33.6. The molecule has 9 rings (SSSR count). The molecule has 14 heteroatoms. The number of methoxy groups -OCH3 is 1. The van der Waals surface area contributed by atoms with Crippen LogP contribution in [-0.2, 0) is 12.8 Å². The van der Waals surface area contributed by atoms with Crippen LogP contribution >= 0.6 is 22.7 Å². The summed E-state index contributed by atoms with van der Waals surface area (Å²) in [6.07, 6.45) is 23.0. The summed E-state index contributed by atoms with van der Waals surface area (Å²) in [6, 6.07) is 26.9. The lowest BCUT2D eigenvalue weighted by Gasteiger charge is -2.09. The van der Waals surface area contributed by atoms with Crippen LogP contribution in [0, 0.1) is 6.92 Å². The van der Waals surface area contributed by atoms with Crippen LogP contribution in [0.1, 0.15) is 56.6 Å². The number of thiazole rings is 1. The van der Waals surface area contributed by atoms with Gasteiger partial charge in [-0.2, -0.15) is 5.10 Å². The zero-order chi connectivity index (χ0) is 48.7. The normalized spacial score (nSPS) is 11.7. The number of nitrogens with one attached hydrogen (secondary N) is 4. The molecule has 69 heavy (non-hydrogen) atoms. The molecule has 3 aromatic carbocycles. The summed E-state index contributed by atoms with van der Waals surface area (Å²) < 4.78 is 6.95. The van der Waals surface area contributed by atoms with Crippen molar-refractivity contribution >= 4 is 63.1 Å². The topological polar surface area (TPSA) is 164 Å². The Morgan fingerprint density at radius 3 is 2.43 bits per heavy atom. The second kappa shape index (κ2) is 23.5. The van der Waals surface area contributed by atoms with E-state index in [0.717, 1.165) is 72.5 Å². The van der Waals surface area contributed by atoms with Crippen LogP contribution in [0.5, 0.6) is 5.75 Å². The molecule has 8 aromatic rings. The number of ether oxygens (including phenoxy) is 1. The second-order valence-corrected chi connectivity index (χ2v) is 17.3. The van der Waals surface area contributed by atoms with E-state index in [1.807, 2.05) is 141 Å². The van der Waals surface area contributed by atoms with Crippen LogP contribution in [0.25, 0.3) is 38.5 Å². The molecular weight excluding hydrogens is 903 g/mol. The molecule has 348 valence electrons. The summed E-state index contributed by atoms with van der Waals surface area (Å²) in [7, 11) is 3.22. The van der Waals surface area contributed by atoms with Gasteiger partial charge in [-0.1, -0.05) is 91.6 Å². The maximum Gasteiger partial charge on any atom is 0.270 e. The zero-order valence-electron chi connectivity index (χ0n) is 38.6. The number of hydrogen-bond acceptors (Lipinski definition) is 9. The summed E-state index contributed by atoms with van der Waals surface area (Å²) in [5, 5.41) is 18.0. The van der Waals surface area contributed by atoms with Crippen molar-refractivity contribution in [2.75, 3.05) is 19.5 Å². The SMILES string of the molecule is C=C/C=C\C(=C/C)Cc1c[nH]c(=O)c2ccccc12.CNC(=O)c1csc(-c2cccs2)n1.COc1ccc(-n2ncc(C(=O)Nc3cccc(Cc4c[nH]c(=O)c5c4=CC=CCC=5)c3)c2C)cc1. The first-order valence-electron chi connectivity index (χ1n) is 22.0. The first-order valence-corrected chi connectivity index (χ1v) is 23.8. The van der Waals surface area contributed by atoms with Gasteiger partial charge in [0, 0.05) is 41.1 Å². The van der Waals surface area contributed by atoms with Crippen LogP contribution < -0.4 is 36.9 Å². The molecule has 0 fully saturated rings. The van der Waals surface area contributed by atoms with Gasteiger partial charge in [0.25, 0.3) is 22.9 Å². The molecule has 1 aliphatic rings. The number of benzene rings is 3. The Hall–Kier alpha value is -8.20. The van der Waals surface area contributed by atoms with Gasteiger partial charge in [0.05, 0.1) is 35.1 Å². The molecule has 0 atom stereocenters. The molecule has 12 nitrogen and oxygen atoms in total. The highest BCUT2D eigenvalue weighted by Gasteiger charge is 2.16. The minimum absolute atomic E-state index is 0.0389. The number of carbonyl (C=O) groups excluding carboxylic acids is 2. The number of allylic oxidation sites excluding steroid dienone is 7. The minimum Gasteiger partial charge on any atom is -0.497 e. The zero-order valence-corrected chi connectivity index (χ0v) is 40.2. The molecule has 5 heterocycles. The Morgan fingerprint density at radius 1 is 0.913 bits per heavy atom. The van der Waals surface area contributed by atoms with E-state index >= 15 is 0 Å². The average Bonchev–Trinajstić information content (AvgIpc) is 4.14. The highest BCUT2D eigenvalue weighted by Crippen LogP contribution is 2.28. The van der Waals surface area contributed by atoms with Crippen LogP contribution in [0.4, 0.5) is 5.69 Å². The number of nitrogens with zero attached hydrogens (tertiary/aromatic N) is 3. The molecule has 0 spiro atoms. The van der Waals surface area contributed by atoms with Crippen LogP contribution in [-0.4, -0.2) is 50.7 Å². The van der Waals surface area contributed by atoms with Crippen molar-refractivity contribution in [2.45, 2.75) is 33.1 Å². The Labute approximate surface area is 407 Å². The molecule has 2 amide bonds. The van der Waals surface area contributed by atoms with E-state index in [2.05, 4.69) is 43.3 Å². The molecule has 1 aliphatic carbocycles. The number of amides is 2. The third kappa shape index (κ3) is 12.2. The average molecular weight is 954 g/mol. The summed E-state index contributed by atoms with van der Waals surface area (Å²) in [5.74, 6) is 0.395. The second-order valence-electron chi connectivity index (χ2n) is 15.5. The lowest BCUT2D eigenvalue weighted by Crippen LogP contribution is -2.42. The molecule has 0 saturated carbocycles. The predicted octanol–water partition coefficient (Wildman–Crippen LogP) is 9.23. The minimum atomic E-state index is -0.226. The fourth-order valence-corrected chi connectivity index (χ4v) is 9.09. The molecule has 0 saturated heterocycles. The number of fused-ring (bicyclic) bond motifs is 2. The van der Waals surface area contributed by atoms with Gasteiger partial charge in [-0.25, -0.2) is 9.67 Å². The Bertz CT molecular complexity index is 3450. The number of thiophene rings is 1. The van der Waals surface area contributed by atoms with E-state index in [4.69, 9.17) is 4.74 Å². The summed E-state index contributed by atoms with van der Waals surface area (Å²) in [6.45, 7) is 7.55. The molecule has 4 N–H and O–H groups in total. The summed E-state index contributed by atoms with van der Waals surface area (Å²) in [5.41, 5.74) is 7.50. The number of pyridine rings is 2. The van der Waals surface area contributed by atoms with Crippen LogP contribution in [0.15, 0.2) is 172 Å². The molecular formula is C55H51N7O5S2. The number of carbonyl (C=O) groups is 2. The number of H-pyrrole nitrogens is 2. The molecule has 0 aliphatic heterocycles. The van der Waals surface area contributed by atoms with E-state index < -0.39 is 0 Å². The maximum atomic E-state index is 13.1. The van der Waals surface area contributed by atoms with Crippen molar-refractivity contribution < 1.29 is 14.3 Å². The quantitative estimate of drug-likeness (QED) is 0.0888. The Morgan fingerprint density at radius 2 is 1.70 bits per heavy atom. The number of hydrogen-bond donors (Lipinski definition) is 4. The van der Waals surface area contributed by atoms with Gasteiger partial charge < -0.3 is 25.3 Å². The van der Waals surface area contributed by atoms with E-state index in [9.17, 15) is 19.2 Å². The van der Waals surface area contributed by atoms with Crippen molar-refractivity contribution in [1.29, 1.82) is 0 Å². The summed E-state index contributed by atoms with van der Waals surface area (Å²) >= 11 is 3.11. The van der Waals surface area contributed by atoms with E-state index in [-0.39, 0.29) is 22.9 Å². The third-order valence-corrected chi connectivity index (χ3v) is 13.0. The smallest absolute Gasteiger partial charge is 0.270 e. The fourth-order valence-electron chi connectivity index (χ4n) is 7.48. The van der Waals surface area contributed by atoms with Crippen molar-refractivity contribution in [3.63, 3.8) is 0 Å². The van der Waals surface area contributed by atoms with Crippen LogP contribution in [0.3, 0.4) is 0 Å². The Balaban J connectivity index is 0.000000177. The van der Waals surface area contributed by atoms with Gasteiger partial charge in [0.2, 0.25) is 0 Å². The van der Waals surface area contributed by atoms with Crippen molar-refractivity contribution in [1.82, 2.24) is 30.0 Å². The van der Waals surface area contributed by atoms with Gasteiger partial charge in [0.15, 0.2) is 0 Å². The van der Waals surface area contributed by atoms with E-state index in [1.54, 1.807) is 60.2 Å². The number of anilines is 1. The molecule has 5 aromatic heterocycles. The van der Waals surface area contributed by atoms with Gasteiger partial charge in [-0.3, -0.25) is 19.2 Å². The first kappa shape index (κ1) is 48.7. The predicted molar refractivity (Wildman–Crippen MR) is 281 cm³/mol. The largest absolute Gasteiger partial charge is 0.497 e. The highest BCUT2D eigenvalue weighted by molar-refractivity contribution is 7.20. The van der Waals surface area contributed by atoms with Crippen LogP contribution in [0.2, 0.25) is 0 Å². The highest BCUT2D eigenvalue weighted by atomic mass is 32.1. The summed E-state index contributed by atoms with van der Waals surface area (Å²) in [4.78, 5) is 59.4. The van der Waals surface area contributed by atoms with Gasteiger partial charge in [-0.15, -0.1) is 22.7 Å². The third-order valence-electron chi connectivity index (χ3n) is 11.1. The molecule has 0 bridgehead atoms. The standard InChI is InChI=1S/C29H26N4O3.C17H17NO.C9H8N2OS2/c1-19-27(18-31-33(19)23-11-13-24(36-2)14-12-23)29(35)32-22-8-6-7-20(16-22)15-21-17-30-28(34)26-10-5-3-4-9-25(21)26;1-3-5-8-13(4-2)11-14-12-18-17(19)16-10-7-6-9-15(14)16;1-10-8(12)6-5-14-9(11-6)7-3-2-4-13-7/h3-4,6-14,16-18H,5,15H2,1-2H3,(H,30,34)(H,32,35);3-10,12H,1,11H2,2H3,(H,18,19);2-5H,1H3,(H,10,12)/b;8-5-,13-4+;. The van der Waals surface area contributed by atoms with Crippen molar-refractivity contribution in [2.24, 2.45) is 0 Å². The lowest BCUT2D eigenvalue weighted by atomic mass is 10.0. The number of rotatable bonds is 12. The fraction of sp³-hybridized carbons (Fsp3) is 0.127. The lowest BCUT2D eigenvalue weighted by molar-refractivity contribution is 0.0958. The van der Waals surface area contributed by atoms with Gasteiger partial charge >= 0.3 is 0 Å². The molecule has 0 radical (unpaired) electrons. The van der Waals surface area contributed by atoms with E-state index in [0.29, 0.717) is 28.6 Å². The van der Waals surface area contributed by atoms with Gasteiger partial charge in [-0.05, 0) is 120 Å². The number of aromatic nitrogens is 5. The van der Waals surface area contributed by atoms with Gasteiger partial charge in [0.1, 0.15) is 16.5 Å². The Kier molecular flexibility index (Phi) is 16.6. The molecule has 0 unspecified atom stereocenters. The van der Waals surface area contributed by atoms with E-state index in [1.165, 1.54) is 16.9 Å². The number of aromatic amines is 2. The van der Waals surface area contributed by atoms with Crippen molar-refractivity contribution in [3.05, 3.63) is 228 Å². The maximum absolute atomic E-state index is 13.1. The van der Waals surface area contributed by atoms with Crippen molar-refractivity contribution in [3.8, 4) is 21.3 Å².